The molecule has 0 aromatic carbocycles. The molecule has 1 N–H and O–H groups in total. The summed E-state index contributed by atoms with van der Waals surface area (Å²) in [7, 11) is 0. The highest BCUT2D eigenvalue weighted by Crippen LogP contribution is 2.14. The van der Waals surface area contributed by atoms with Crippen LogP contribution in [0.4, 0.5) is 0 Å². The van der Waals surface area contributed by atoms with Crippen LogP contribution in [-0.2, 0) is 9.53 Å². The SMILES string of the molecule is CCOCCCN(CCC(=O)O)C(C)(C)C. The van der Waals surface area contributed by atoms with E-state index in [1.165, 1.54) is 0 Å². The van der Waals surface area contributed by atoms with Gasteiger partial charge in [-0.1, -0.05) is 0 Å². The molecule has 0 amide bonds. The van der Waals surface area contributed by atoms with Gasteiger partial charge in [0.1, 0.15) is 0 Å². The minimum atomic E-state index is -0.737. The normalized spacial score (nSPS) is 12.1. The Hall–Kier alpha value is -0.610. The number of ether oxygens (including phenoxy) is 1. The smallest absolute Gasteiger partial charge is 0.304 e. The third-order valence-electron chi connectivity index (χ3n) is 2.47. The molecule has 0 atom stereocenters. The van der Waals surface area contributed by atoms with Crippen LogP contribution in [0.25, 0.3) is 0 Å². The van der Waals surface area contributed by atoms with Crippen molar-refractivity contribution in [2.24, 2.45) is 0 Å². The van der Waals surface area contributed by atoms with E-state index in [-0.39, 0.29) is 12.0 Å². The minimum absolute atomic E-state index is 0.0155. The molecule has 4 nitrogen and oxygen atoms in total. The molecule has 96 valence electrons. The van der Waals surface area contributed by atoms with Gasteiger partial charge >= 0.3 is 5.97 Å². The fraction of sp³-hybridized carbons (Fsp3) is 0.917. The van der Waals surface area contributed by atoms with Crippen molar-refractivity contribution in [2.75, 3.05) is 26.3 Å². The first-order valence-electron chi connectivity index (χ1n) is 5.92. The van der Waals surface area contributed by atoms with E-state index in [1.54, 1.807) is 0 Å². The lowest BCUT2D eigenvalue weighted by Crippen LogP contribution is -2.43. The molecule has 0 fully saturated rings. The third-order valence-corrected chi connectivity index (χ3v) is 2.47. The van der Waals surface area contributed by atoms with E-state index in [9.17, 15) is 4.79 Å². The van der Waals surface area contributed by atoms with Gasteiger partial charge in [-0.05, 0) is 34.1 Å². The second-order valence-corrected chi connectivity index (χ2v) is 4.85. The first-order chi connectivity index (χ1) is 7.38. The van der Waals surface area contributed by atoms with Crippen molar-refractivity contribution < 1.29 is 14.6 Å². The first-order valence-corrected chi connectivity index (χ1v) is 5.92. The Morgan fingerprint density at radius 3 is 2.38 bits per heavy atom. The first kappa shape index (κ1) is 15.4. The molecule has 0 radical (unpaired) electrons. The van der Waals surface area contributed by atoms with Crippen molar-refractivity contribution in [3.8, 4) is 0 Å². The third kappa shape index (κ3) is 7.65. The molecule has 0 aromatic rings. The van der Waals surface area contributed by atoms with E-state index in [1.807, 2.05) is 6.92 Å². The Kier molecular flexibility index (Phi) is 7.34. The summed E-state index contributed by atoms with van der Waals surface area (Å²) in [4.78, 5) is 12.8. The number of carbonyl (C=O) groups is 1. The van der Waals surface area contributed by atoms with Crippen LogP contribution < -0.4 is 0 Å². The number of nitrogens with zero attached hydrogens (tertiary/aromatic N) is 1. The fourth-order valence-corrected chi connectivity index (χ4v) is 1.52. The summed E-state index contributed by atoms with van der Waals surface area (Å²) in [6.07, 6.45) is 1.15. The topological polar surface area (TPSA) is 49.8 Å². The lowest BCUT2D eigenvalue weighted by Gasteiger charge is -2.35. The number of aliphatic carboxylic acids is 1. The number of carboxylic acids is 1. The van der Waals surface area contributed by atoms with Crippen LogP contribution in [0, 0.1) is 0 Å². The largest absolute Gasteiger partial charge is 0.481 e. The van der Waals surface area contributed by atoms with E-state index in [0.717, 1.165) is 26.2 Å². The van der Waals surface area contributed by atoms with Crippen LogP contribution in [0.1, 0.15) is 40.5 Å². The van der Waals surface area contributed by atoms with Gasteiger partial charge in [-0.25, -0.2) is 0 Å². The summed E-state index contributed by atoms with van der Waals surface area (Å²) in [5.41, 5.74) is 0.0155. The predicted octanol–water partition coefficient (Wildman–Crippen LogP) is 1.99. The highest BCUT2D eigenvalue weighted by atomic mass is 16.5. The van der Waals surface area contributed by atoms with Crippen molar-refractivity contribution in [2.45, 2.75) is 46.1 Å². The maximum Gasteiger partial charge on any atom is 0.304 e. The Bertz CT molecular complexity index is 199. The highest BCUT2D eigenvalue weighted by Gasteiger charge is 2.21. The quantitative estimate of drug-likeness (QED) is 0.649. The Labute approximate surface area is 98.6 Å². The predicted molar refractivity (Wildman–Crippen MR) is 64.7 cm³/mol. The molecule has 0 saturated carbocycles. The molecular weight excluding hydrogens is 206 g/mol. The molecule has 0 spiro atoms. The summed E-state index contributed by atoms with van der Waals surface area (Å²) in [6.45, 7) is 11.3. The molecule has 0 saturated heterocycles. The molecule has 0 aliphatic carbocycles. The average molecular weight is 231 g/mol. The summed E-state index contributed by atoms with van der Waals surface area (Å²) >= 11 is 0. The maximum absolute atomic E-state index is 10.6. The Morgan fingerprint density at radius 2 is 1.94 bits per heavy atom. The molecule has 0 aromatic heterocycles. The van der Waals surface area contributed by atoms with Crippen LogP contribution in [0.2, 0.25) is 0 Å². The van der Waals surface area contributed by atoms with Crippen molar-refractivity contribution in [3.63, 3.8) is 0 Å². The van der Waals surface area contributed by atoms with E-state index in [0.29, 0.717) is 6.54 Å². The summed E-state index contributed by atoms with van der Waals surface area (Å²) in [5, 5.41) is 8.69. The number of hydrogen-bond acceptors (Lipinski definition) is 3. The van der Waals surface area contributed by atoms with Gasteiger partial charge < -0.3 is 9.84 Å². The van der Waals surface area contributed by atoms with E-state index < -0.39 is 5.97 Å². The van der Waals surface area contributed by atoms with Crippen LogP contribution in [0.15, 0.2) is 0 Å². The Morgan fingerprint density at radius 1 is 1.31 bits per heavy atom. The maximum atomic E-state index is 10.6. The van der Waals surface area contributed by atoms with Crippen molar-refractivity contribution >= 4 is 5.97 Å². The summed E-state index contributed by atoms with van der Waals surface area (Å²) < 4.78 is 5.28. The standard InChI is InChI=1S/C12H25NO3/c1-5-16-10-6-8-13(12(2,3)4)9-7-11(14)15/h5-10H2,1-4H3,(H,14,15). The van der Waals surface area contributed by atoms with Gasteiger partial charge in [0.25, 0.3) is 0 Å². The number of hydrogen-bond donors (Lipinski definition) is 1. The fourth-order valence-electron chi connectivity index (χ4n) is 1.52. The molecule has 0 aliphatic rings. The number of rotatable bonds is 8. The summed E-state index contributed by atoms with van der Waals surface area (Å²) in [5.74, 6) is -0.737. The van der Waals surface area contributed by atoms with Crippen molar-refractivity contribution in [1.29, 1.82) is 0 Å². The van der Waals surface area contributed by atoms with E-state index in [4.69, 9.17) is 9.84 Å². The zero-order valence-electron chi connectivity index (χ0n) is 11.0. The zero-order chi connectivity index (χ0) is 12.6. The van der Waals surface area contributed by atoms with Gasteiger partial charge in [-0.15, -0.1) is 0 Å². The molecule has 0 rings (SSSR count). The van der Waals surface area contributed by atoms with Gasteiger partial charge in [-0.3, -0.25) is 9.69 Å². The molecule has 0 aliphatic heterocycles. The second kappa shape index (κ2) is 7.63. The molecule has 0 bridgehead atoms. The molecule has 0 unspecified atom stereocenters. The van der Waals surface area contributed by atoms with Crippen molar-refractivity contribution in [1.82, 2.24) is 4.90 Å². The lowest BCUT2D eigenvalue weighted by atomic mass is 10.1. The van der Waals surface area contributed by atoms with Gasteiger partial charge in [0.2, 0.25) is 0 Å². The molecule has 0 heterocycles. The van der Waals surface area contributed by atoms with E-state index >= 15 is 0 Å². The van der Waals surface area contributed by atoms with E-state index in [2.05, 4.69) is 25.7 Å². The van der Waals surface area contributed by atoms with Gasteiger partial charge in [0.05, 0.1) is 6.42 Å². The summed E-state index contributed by atoms with van der Waals surface area (Å²) in [6, 6.07) is 0. The van der Waals surface area contributed by atoms with Crippen molar-refractivity contribution in [3.05, 3.63) is 0 Å². The van der Waals surface area contributed by atoms with Gasteiger partial charge in [0, 0.05) is 31.8 Å². The van der Waals surface area contributed by atoms with Crippen LogP contribution >= 0.6 is 0 Å². The number of carboxylic acid groups (broad SMARTS) is 1. The molecular formula is C12H25NO3. The van der Waals surface area contributed by atoms with Gasteiger partial charge in [-0.2, -0.15) is 0 Å². The monoisotopic (exact) mass is 231 g/mol. The second-order valence-electron chi connectivity index (χ2n) is 4.85. The molecule has 16 heavy (non-hydrogen) atoms. The van der Waals surface area contributed by atoms with Gasteiger partial charge in [0.15, 0.2) is 0 Å². The minimum Gasteiger partial charge on any atom is -0.481 e. The van der Waals surface area contributed by atoms with Crippen LogP contribution in [0.3, 0.4) is 0 Å². The van der Waals surface area contributed by atoms with Crippen LogP contribution in [0.5, 0.6) is 0 Å². The lowest BCUT2D eigenvalue weighted by molar-refractivity contribution is -0.137. The Balaban J connectivity index is 3.97. The highest BCUT2D eigenvalue weighted by molar-refractivity contribution is 5.66. The molecule has 4 heteroatoms. The zero-order valence-corrected chi connectivity index (χ0v) is 11.0. The van der Waals surface area contributed by atoms with Crippen LogP contribution in [-0.4, -0.2) is 47.8 Å². The average Bonchev–Trinajstić information content (AvgIpc) is 2.14.